The maximum atomic E-state index is 5.85. The number of anilines is 1. The highest BCUT2D eigenvalue weighted by Gasteiger charge is 2.09. The first kappa shape index (κ1) is 12.8. The molecule has 1 aromatic carbocycles. The standard InChI is InChI=1S/C14H16ClN3/c1-10-6-4-5-7-12(10)9-18(3)13-11(2)8-16-14(15)17-13/h4-8H,9H2,1-3H3. The Labute approximate surface area is 112 Å². The van der Waals surface area contributed by atoms with E-state index in [-0.39, 0.29) is 5.28 Å². The van der Waals surface area contributed by atoms with Gasteiger partial charge in [-0.05, 0) is 36.6 Å². The van der Waals surface area contributed by atoms with E-state index in [4.69, 9.17) is 11.6 Å². The summed E-state index contributed by atoms with van der Waals surface area (Å²) in [4.78, 5) is 10.3. The molecule has 0 saturated heterocycles. The molecule has 0 unspecified atom stereocenters. The lowest BCUT2D eigenvalue weighted by Gasteiger charge is -2.21. The van der Waals surface area contributed by atoms with Crippen molar-refractivity contribution in [1.29, 1.82) is 0 Å². The van der Waals surface area contributed by atoms with Crippen LogP contribution in [0.2, 0.25) is 5.28 Å². The number of halogens is 1. The van der Waals surface area contributed by atoms with Crippen molar-refractivity contribution in [3.8, 4) is 0 Å². The van der Waals surface area contributed by atoms with Crippen molar-refractivity contribution in [1.82, 2.24) is 9.97 Å². The molecule has 0 aliphatic carbocycles. The molecule has 4 heteroatoms. The summed E-state index contributed by atoms with van der Waals surface area (Å²) in [5.74, 6) is 0.873. The van der Waals surface area contributed by atoms with Crippen molar-refractivity contribution in [3.63, 3.8) is 0 Å². The maximum Gasteiger partial charge on any atom is 0.224 e. The van der Waals surface area contributed by atoms with E-state index in [0.29, 0.717) is 0 Å². The molecule has 1 aromatic heterocycles. The molecular formula is C14H16ClN3. The summed E-state index contributed by atoms with van der Waals surface area (Å²) in [6.07, 6.45) is 1.75. The van der Waals surface area contributed by atoms with Gasteiger partial charge in [-0.1, -0.05) is 24.3 Å². The van der Waals surface area contributed by atoms with E-state index in [2.05, 4.69) is 40.0 Å². The fraction of sp³-hybridized carbons (Fsp3) is 0.286. The summed E-state index contributed by atoms with van der Waals surface area (Å²) >= 11 is 5.85. The highest BCUT2D eigenvalue weighted by atomic mass is 35.5. The Kier molecular flexibility index (Phi) is 3.82. The molecule has 0 fully saturated rings. The molecule has 3 nitrogen and oxygen atoms in total. The lowest BCUT2D eigenvalue weighted by atomic mass is 10.1. The van der Waals surface area contributed by atoms with Crippen LogP contribution in [0.1, 0.15) is 16.7 Å². The van der Waals surface area contributed by atoms with E-state index in [1.54, 1.807) is 6.20 Å². The van der Waals surface area contributed by atoms with Gasteiger partial charge in [0.1, 0.15) is 5.82 Å². The third kappa shape index (κ3) is 2.79. The second kappa shape index (κ2) is 5.36. The van der Waals surface area contributed by atoms with Crippen LogP contribution in [0.3, 0.4) is 0 Å². The first-order chi connectivity index (χ1) is 8.58. The van der Waals surface area contributed by atoms with Gasteiger partial charge in [-0.15, -0.1) is 0 Å². The minimum Gasteiger partial charge on any atom is -0.355 e. The van der Waals surface area contributed by atoms with Crippen molar-refractivity contribution in [2.75, 3.05) is 11.9 Å². The Bertz CT molecular complexity index is 554. The molecule has 2 aromatic rings. The second-order valence-corrected chi connectivity index (χ2v) is 4.77. The van der Waals surface area contributed by atoms with E-state index in [1.807, 2.05) is 20.0 Å². The van der Waals surface area contributed by atoms with E-state index in [9.17, 15) is 0 Å². The van der Waals surface area contributed by atoms with Crippen molar-refractivity contribution < 1.29 is 0 Å². The molecule has 0 saturated carbocycles. The van der Waals surface area contributed by atoms with Gasteiger partial charge in [0, 0.05) is 25.4 Å². The molecule has 94 valence electrons. The molecule has 1 heterocycles. The molecule has 0 aliphatic heterocycles. The number of rotatable bonds is 3. The fourth-order valence-electron chi connectivity index (χ4n) is 1.92. The smallest absolute Gasteiger partial charge is 0.224 e. The van der Waals surface area contributed by atoms with Crippen molar-refractivity contribution in [2.45, 2.75) is 20.4 Å². The van der Waals surface area contributed by atoms with Gasteiger partial charge in [-0.2, -0.15) is 0 Å². The molecule has 0 radical (unpaired) electrons. The van der Waals surface area contributed by atoms with Crippen molar-refractivity contribution in [3.05, 3.63) is 52.4 Å². The summed E-state index contributed by atoms with van der Waals surface area (Å²) in [5.41, 5.74) is 3.59. The van der Waals surface area contributed by atoms with Gasteiger partial charge in [0.05, 0.1) is 0 Å². The van der Waals surface area contributed by atoms with E-state index in [0.717, 1.165) is 17.9 Å². The predicted octanol–water partition coefficient (Wildman–Crippen LogP) is 3.38. The summed E-state index contributed by atoms with van der Waals surface area (Å²) in [6, 6.07) is 8.34. The van der Waals surface area contributed by atoms with Crippen LogP contribution in [0.15, 0.2) is 30.5 Å². The van der Waals surface area contributed by atoms with Gasteiger partial charge in [0.2, 0.25) is 5.28 Å². The minimum atomic E-state index is 0.284. The summed E-state index contributed by atoms with van der Waals surface area (Å²) in [5, 5.41) is 0.284. The predicted molar refractivity (Wildman–Crippen MR) is 75.1 cm³/mol. The number of nitrogens with zero attached hydrogens (tertiary/aromatic N) is 3. The first-order valence-electron chi connectivity index (χ1n) is 5.82. The average molecular weight is 262 g/mol. The van der Waals surface area contributed by atoms with Gasteiger partial charge < -0.3 is 4.90 Å². The molecule has 2 rings (SSSR count). The molecule has 0 spiro atoms. The Morgan fingerprint density at radius 2 is 1.89 bits per heavy atom. The van der Waals surface area contributed by atoms with Crippen LogP contribution in [0.25, 0.3) is 0 Å². The monoisotopic (exact) mass is 261 g/mol. The van der Waals surface area contributed by atoms with Crippen LogP contribution in [-0.4, -0.2) is 17.0 Å². The van der Waals surface area contributed by atoms with Gasteiger partial charge >= 0.3 is 0 Å². The van der Waals surface area contributed by atoms with Crippen LogP contribution < -0.4 is 4.90 Å². The largest absolute Gasteiger partial charge is 0.355 e. The molecule has 0 bridgehead atoms. The average Bonchev–Trinajstić information content (AvgIpc) is 2.35. The zero-order valence-corrected chi connectivity index (χ0v) is 11.6. The third-order valence-corrected chi connectivity index (χ3v) is 3.13. The molecule has 18 heavy (non-hydrogen) atoms. The normalized spacial score (nSPS) is 10.4. The highest BCUT2D eigenvalue weighted by molar-refractivity contribution is 6.28. The fourth-order valence-corrected chi connectivity index (χ4v) is 2.05. The molecule has 0 N–H and O–H groups in total. The Morgan fingerprint density at radius 3 is 2.61 bits per heavy atom. The maximum absolute atomic E-state index is 5.85. The number of hydrogen-bond acceptors (Lipinski definition) is 3. The third-order valence-electron chi connectivity index (χ3n) is 2.95. The Morgan fingerprint density at radius 1 is 1.17 bits per heavy atom. The Hall–Kier alpha value is -1.61. The summed E-state index contributed by atoms with van der Waals surface area (Å²) in [7, 11) is 2.01. The number of aryl methyl sites for hydroxylation is 2. The zero-order valence-electron chi connectivity index (χ0n) is 10.8. The number of aromatic nitrogens is 2. The van der Waals surface area contributed by atoms with Gasteiger partial charge in [0.15, 0.2) is 0 Å². The summed E-state index contributed by atoms with van der Waals surface area (Å²) < 4.78 is 0. The quantitative estimate of drug-likeness (QED) is 0.793. The van der Waals surface area contributed by atoms with Crippen molar-refractivity contribution in [2.24, 2.45) is 0 Å². The molecule has 0 aliphatic rings. The second-order valence-electron chi connectivity index (χ2n) is 4.43. The van der Waals surface area contributed by atoms with Gasteiger partial charge in [-0.25, -0.2) is 9.97 Å². The van der Waals surface area contributed by atoms with Crippen LogP contribution in [-0.2, 0) is 6.54 Å². The van der Waals surface area contributed by atoms with Gasteiger partial charge in [0.25, 0.3) is 0 Å². The SMILES string of the molecule is Cc1ccccc1CN(C)c1nc(Cl)ncc1C. The zero-order chi connectivity index (χ0) is 13.1. The first-order valence-corrected chi connectivity index (χ1v) is 6.20. The molecule has 0 atom stereocenters. The lowest BCUT2D eigenvalue weighted by Crippen LogP contribution is -2.19. The number of benzene rings is 1. The van der Waals surface area contributed by atoms with E-state index >= 15 is 0 Å². The van der Waals surface area contributed by atoms with E-state index in [1.165, 1.54) is 11.1 Å². The van der Waals surface area contributed by atoms with Gasteiger partial charge in [-0.3, -0.25) is 0 Å². The number of hydrogen-bond donors (Lipinski definition) is 0. The van der Waals surface area contributed by atoms with E-state index < -0.39 is 0 Å². The topological polar surface area (TPSA) is 29.0 Å². The van der Waals surface area contributed by atoms with Crippen LogP contribution in [0.5, 0.6) is 0 Å². The van der Waals surface area contributed by atoms with Crippen LogP contribution >= 0.6 is 11.6 Å². The highest BCUT2D eigenvalue weighted by Crippen LogP contribution is 2.19. The lowest BCUT2D eigenvalue weighted by molar-refractivity contribution is 0.876. The Balaban J connectivity index is 2.25. The van der Waals surface area contributed by atoms with Crippen molar-refractivity contribution >= 4 is 17.4 Å². The molecular weight excluding hydrogens is 246 g/mol. The summed E-state index contributed by atoms with van der Waals surface area (Å²) in [6.45, 7) is 4.91. The minimum absolute atomic E-state index is 0.284. The molecule has 0 amide bonds. The van der Waals surface area contributed by atoms with Crippen LogP contribution in [0, 0.1) is 13.8 Å². The van der Waals surface area contributed by atoms with Crippen LogP contribution in [0.4, 0.5) is 5.82 Å².